The Balaban J connectivity index is 2.76. The minimum Gasteiger partial charge on any atom is -0.419 e. The Kier molecular flexibility index (Phi) is 3.29. The molecule has 0 saturated heterocycles. The molecule has 0 spiro atoms. The Bertz CT molecular complexity index is 172. The molecule has 0 saturated carbocycles. The summed E-state index contributed by atoms with van der Waals surface area (Å²) in [5, 5.41) is 0. The number of allylic oxidation sites excluding steroid dienone is 4. The lowest BCUT2D eigenvalue weighted by Crippen LogP contribution is -2.39. The molecule has 1 aliphatic carbocycles. The molecular weight excluding hydrogens is 164 g/mol. The van der Waals surface area contributed by atoms with Gasteiger partial charge in [0.25, 0.3) is 0 Å². The van der Waals surface area contributed by atoms with Gasteiger partial charge in [0.1, 0.15) is 0 Å². The van der Waals surface area contributed by atoms with E-state index in [1.165, 1.54) is 12.1 Å². The zero-order valence-corrected chi connectivity index (χ0v) is 9.21. The summed E-state index contributed by atoms with van der Waals surface area (Å²) in [6.07, 6.45) is 8.83. The Labute approximate surface area is 76.3 Å². The van der Waals surface area contributed by atoms with Gasteiger partial charge in [-0.2, -0.15) is 0 Å². The molecule has 0 heterocycles. The molecule has 0 amide bonds. The van der Waals surface area contributed by atoms with Gasteiger partial charge in [-0.3, -0.25) is 0 Å². The smallest absolute Gasteiger partial charge is 0.202 e. The van der Waals surface area contributed by atoms with Gasteiger partial charge in [0.05, 0.1) is 0 Å². The fourth-order valence-electron chi connectivity index (χ4n) is 1.93. The average Bonchev–Trinajstić information content (AvgIpc) is 2.62. The molecular formula is C10H18OSi. The van der Waals surface area contributed by atoms with Crippen LogP contribution in [-0.4, -0.2) is 15.4 Å². The minimum atomic E-state index is -1.46. The van der Waals surface area contributed by atoms with E-state index in [0.717, 1.165) is 0 Å². The molecule has 0 aromatic heterocycles. The molecule has 12 heavy (non-hydrogen) atoms. The van der Waals surface area contributed by atoms with E-state index in [0.29, 0.717) is 5.54 Å². The van der Waals surface area contributed by atoms with Crippen molar-refractivity contribution in [2.24, 2.45) is 0 Å². The molecule has 0 fully saturated rings. The van der Waals surface area contributed by atoms with Crippen LogP contribution in [0.1, 0.15) is 13.8 Å². The third-order valence-electron chi connectivity index (χ3n) is 2.96. The summed E-state index contributed by atoms with van der Waals surface area (Å²) in [4.78, 5) is 0. The second-order valence-electron chi connectivity index (χ2n) is 3.27. The maximum Gasteiger partial charge on any atom is 0.202 e. The van der Waals surface area contributed by atoms with Crippen molar-refractivity contribution >= 4 is 8.32 Å². The van der Waals surface area contributed by atoms with Crippen molar-refractivity contribution in [3.05, 3.63) is 24.3 Å². The molecule has 1 rings (SSSR count). The van der Waals surface area contributed by atoms with Crippen LogP contribution in [0.4, 0.5) is 0 Å². The second kappa shape index (κ2) is 4.05. The Hall–Kier alpha value is -0.343. The molecule has 1 nitrogen and oxygen atoms in total. The van der Waals surface area contributed by atoms with E-state index >= 15 is 0 Å². The van der Waals surface area contributed by atoms with E-state index < -0.39 is 8.32 Å². The third-order valence-corrected chi connectivity index (χ3v) is 7.77. The van der Waals surface area contributed by atoms with Gasteiger partial charge in [-0.05, 0) is 12.1 Å². The van der Waals surface area contributed by atoms with Gasteiger partial charge in [-0.1, -0.05) is 38.2 Å². The monoisotopic (exact) mass is 182 g/mol. The molecule has 0 aliphatic heterocycles. The third kappa shape index (κ3) is 1.54. The summed E-state index contributed by atoms with van der Waals surface area (Å²) >= 11 is 0. The highest BCUT2D eigenvalue weighted by Crippen LogP contribution is 2.34. The molecule has 0 aromatic rings. The van der Waals surface area contributed by atoms with Crippen LogP contribution in [0.3, 0.4) is 0 Å². The van der Waals surface area contributed by atoms with Gasteiger partial charge in [0.15, 0.2) is 0 Å². The van der Waals surface area contributed by atoms with Crippen LogP contribution in [0.5, 0.6) is 0 Å². The largest absolute Gasteiger partial charge is 0.419 e. The van der Waals surface area contributed by atoms with Gasteiger partial charge < -0.3 is 4.43 Å². The fraction of sp³-hybridized carbons (Fsp3) is 0.600. The summed E-state index contributed by atoms with van der Waals surface area (Å²) < 4.78 is 5.76. The maximum atomic E-state index is 5.76. The Morgan fingerprint density at radius 2 is 1.67 bits per heavy atom. The summed E-state index contributed by atoms with van der Waals surface area (Å²) in [5.74, 6) is 0. The van der Waals surface area contributed by atoms with Crippen molar-refractivity contribution in [1.29, 1.82) is 0 Å². The van der Waals surface area contributed by atoms with E-state index in [1.807, 2.05) is 7.11 Å². The number of hydrogen-bond donors (Lipinski definition) is 0. The van der Waals surface area contributed by atoms with Crippen molar-refractivity contribution < 1.29 is 4.43 Å². The van der Waals surface area contributed by atoms with Gasteiger partial charge in [0, 0.05) is 12.7 Å². The van der Waals surface area contributed by atoms with Crippen molar-refractivity contribution in [3.8, 4) is 0 Å². The van der Waals surface area contributed by atoms with Gasteiger partial charge in [0.2, 0.25) is 8.32 Å². The molecule has 0 N–H and O–H groups in total. The highest BCUT2D eigenvalue weighted by molar-refractivity contribution is 6.76. The highest BCUT2D eigenvalue weighted by Gasteiger charge is 2.36. The first-order chi connectivity index (χ1) is 5.79. The van der Waals surface area contributed by atoms with Crippen molar-refractivity contribution in [2.75, 3.05) is 7.11 Å². The zero-order valence-electron chi connectivity index (χ0n) is 8.21. The van der Waals surface area contributed by atoms with Crippen LogP contribution in [-0.2, 0) is 4.43 Å². The zero-order chi connectivity index (χ0) is 9.03. The lowest BCUT2D eigenvalue weighted by atomic mass is 10.5. The molecule has 0 unspecified atom stereocenters. The quantitative estimate of drug-likeness (QED) is 0.607. The molecule has 0 radical (unpaired) electrons. The SMILES string of the molecule is CC[Si](CC)(OC)C1C=CC=C1. The van der Waals surface area contributed by atoms with Crippen LogP contribution in [0.25, 0.3) is 0 Å². The van der Waals surface area contributed by atoms with Crippen LogP contribution >= 0.6 is 0 Å². The van der Waals surface area contributed by atoms with E-state index in [9.17, 15) is 0 Å². The maximum absolute atomic E-state index is 5.76. The van der Waals surface area contributed by atoms with E-state index in [2.05, 4.69) is 38.2 Å². The van der Waals surface area contributed by atoms with Crippen LogP contribution in [0.2, 0.25) is 17.6 Å². The standard InChI is InChI=1S/C10H18OSi/c1-4-12(5-2,11-3)10-8-6-7-9-10/h6-10H,4-5H2,1-3H3. The van der Waals surface area contributed by atoms with Gasteiger partial charge >= 0.3 is 0 Å². The number of hydrogen-bond acceptors (Lipinski definition) is 1. The van der Waals surface area contributed by atoms with Crippen molar-refractivity contribution in [1.82, 2.24) is 0 Å². The van der Waals surface area contributed by atoms with Gasteiger partial charge in [-0.15, -0.1) is 0 Å². The van der Waals surface area contributed by atoms with E-state index in [1.54, 1.807) is 0 Å². The first kappa shape index (κ1) is 9.74. The Morgan fingerprint density at radius 1 is 1.17 bits per heavy atom. The van der Waals surface area contributed by atoms with E-state index in [4.69, 9.17) is 4.43 Å². The predicted octanol–water partition coefficient (Wildman–Crippen LogP) is 3.11. The Morgan fingerprint density at radius 3 is 2.00 bits per heavy atom. The highest BCUT2D eigenvalue weighted by atomic mass is 28.4. The molecule has 68 valence electrons. The van der Waals surface area contributed by atoms with Crippen molar-refractivity contribution in [3.63, 3.8) is 0 Å². The van der Waals surface area contributed by atoms with Gasteiger partial charge in [-0.25, -0.2) is 0 Å². The van der Waals surface area contributed by atoms with Crippen LogP contribution in [0, 0.1) is 0 Å². The normalized spacial score (nSPS) is 17.6. The molecule has 2 heteroatoms. The predicted molar refractivity (Wildman–Crippen MR) is 55.8 cm³/mol. The van der Waals surface area contributed by atoms with Crippen LogP contribution < -0.4 is 0 Å². The molecule has 0 aromatic carbocycles. The topological polar surface area (TPSA) is 9.23 Å². The first-order valence-corrected chi connectivity index (χ1v) is 7.09. The number of rotatable bonds is 4. The lowest BCUT2D eigenvalue weighted by molar-refractivity contribution is 0.389. The minimum absolute atomic E-state index is 0.609. The van der Waals surface area contributed by atoms with Crippen molar-refractivity contribution in [2.45, 2.75) is 31.5 Å². The lowest BCUT2D eigenvalue weighted by Gasteiger charge is -2.31. The fourth-order valence-corrected chi connectivity index (χ4v) is 5.14. The average molecular weight is 182 g/mol. The van der Waals surface area contributed by atoms with Crippen LogP contribution in [0.15, 0.2) is 24.3 Å². The summed E-state index contributed by atoms with van der Waals surface area (Å²) in [7, 11) is 0.416. The second-order valence-corrected chi connectivity index (χ2v) is 7.89. The summed E-state index contributed by atoms with van der Waals surface area (Å²) in [5.41, 5.74) is 0.609. The summed E-state index contributed by atoms with van der Waals surface area (Å²) in [6.45, 7) is 4.50. The molecule has 1 aliphatic rings. The first-order valence-electron chi connectivity index (χ1n) is 4.69. The molecule has 0 atom stereocenters. The summed E-state index contributed by atoms with van der Waals surface area (Å²) in [6, 6.07) is 2.42. The molecule has 0 bridgehead atoms. The van der Waals surface area contributed by atoms with E-state index in [-0.39, 0.29) is 0 Å².